The van der Waals surface area contributed by atoms with Gasteiger partial charge in [-0.2, -0.15) is 0 Å². The maximum atomic E-state index is 13.9. The van der Waals surface area contributed by atoms with Crippen molar-refractivity contribution >= 4 is 29.0 Å². The Morgan fingerprint density at radius 2 is 1.90 bits per heavy atom. The second kappa shape index (κ2) is 12.3. The lowest BCUT2D eigenvalue weighted by Gasteiger charge is -2.27. The standard InChI is InChI=1S/C32H30FN3O5/c1-20(7-6-10-29(37)38)31-34-25-17-22(27-19-28(41-35-27)30(40-2)21-8-4-3-5-9-21)11-12-23(18-25)32(39)36(31)26-15-13-24(33)14-16-26/h3-5,8-9,11-17,19-20,30H,6-7,10,18H2,1-2H3,(H,37,38). The van der Waals surface area contributed by atoms with Gasteiger partial charge in [-0.3, -0.25) is 14.5 Å². The van der Waals surface area contributed by atoms with Gasteiger partial charge in [-0.05, 0) is 48.7 Å². The molecule has 3 aromatic rings. The molecule has 1 aromatic heterocycles. The van der Waals surface area contributed by atoms with E-state index in [9.17, 15) is 14.0 Å². The molecule has 2 bridgehead atoms. The summed E-state index contributed by atoms with van der Waals surface area (Å²) in [4.78, 5) is 31.5. The maximum absolute atomic E-state index is 13.9. The molecule has 0 fully saturated rings. The molecule has 5 rings (SSSR count). The van der Waals surface area contributed by atoms with Gasteiger partial charge in [0.1, 0.15) is 23.5 Å². The van der Waals surface area contributed by atoms with Crippen molar-refractivity contribution in [1.82, 2.24) is 5.16 Å². The van der Waals surface area contributed by atoms with Crippen molar-refractivity contribution in [3.63, 3.8) is 0 Å². The van der Waals surface area contributed by atoms with E-state index in [0.29, 0.717) is 47.1 Å². The zero-order chi connectivity index (χ0) is 28.9. The number of hydrogen-bond acceptors (Lipinski definition) is 6. The number of amides is 1. The van der Waals surface area contributed by atoms with Crippen LogP contribution in [0.1, 0.15) is 55.7 Å². The molecular weight excluding hydrogens is 525 g/mol. The van der Waals surface area contributed by atoms with E-state index in [1.165, 1.54) is 17.0 Å². The molecule has 1 N–H and O–H groups in total. The molecule has 0 saturated carbocycles. The first-order valence-corrected chi connectivity index (χ1v) is 13.4. The molecule has 8 nitrogen and oxygen atoms in total. The molecule has 1 aliphatic heterocycles. The number of methoxy groups -OCH3 is 1. The number of aromatic nitrogens is 1. The summed E-state index contributed by atoms with van der Waals surface area (Å²) in [6.07, 6.45) is 6.25. The van der Waals surface area contributed by atoms with Crippen molar-refractivity contribution in [3.8, 4) is 0 Å². The number of ether oxygens (including phenoxy) is 1. The molecule has 2 atom stereocenters. The van der Waals surface area contributed by atoms with E-state index < -0.39 is 17.9 Å². The predicted octanol–water partition coefficient (Wildman–Crippen LogP) is 6.48. The van der Waals surface area contributed by atoms with Gasteiger partial charge in [-0.25, -0.2) is 9.38 Å². The average Bonchev–Trinajstić information content (AvgIpc) is 3.28. The fourth-order valence-electron chi connectivity index (χ4n) is 5.00. The molecule has 1 aliphatic carbocycles. The third-order valence-corrected chi connectivity index (χ3v) is 7.10. The van der Waals surface area contributed by atoms with Crippen LogP contribution in [0.25, 0.3) is 5.57 Å². The van der Waals surface area contributed by atoms with Gasteiger partial charge in [0.2, 0.25) is 0 Å². The largest absolute Gasteiger partial charge is 0.481 e. The summed E-state index contributed by atoms with van der Waals surface area (Å²) < 4.78 is 25.1. The quantitative estimate of drug-likeness (QED) is 0.307. The van der Waals surface area contributed by atoms with E-state index >= 15 is 0 Å². The molecule has 41 heavy (non-hydrogen) atoms. The number of carboxylic acid groups (broad SMARTS) is 1. The van der Waals surface area contributed by atoms with Crippen LogP contribution in [0.15, 0.2) is 99.7 Å². The Hall–Kier alpha value is -4.63. The number of rotatable bonds is 10. The van der Waals surface area contributed by atoms with Crippen molar-refractivity contribution in [3.05, 3.63) is 113 Å². The third-order valence-electron chi connectivity index (χ3n) is 7.10. The number of hydrogen-bond donors (Lipinski definition) is 1. The summed E-state index contributed by atoms with van der Waals surface area (Å²) in [6.45, 7) is 1.91. The van der Waals surface area contributed by atoms with Crippen molar-refractivity contribution in [2.45, 2.75) is 38.7 Å². The van der Waals surface area contributed by atoms with Gasteiger partial charge in [0.15, 0.2) is 5.76 Å². The molecule has 210 valence electrons. The van der Waals surface area contributed by atoms with Gasteiger partial charge >= 0.3 is 5.97 Å². The number of carbonyl (C=O) groups is 2. The highest BCUT2D eigenvalue weighted by Crippen LogP contribution is 2.34. The number of amidine groups is 1. The third kappa shape index (κ3) is 6.25. The smallest absolute Gasteiger partial charge is 0.303 e. The van der Waals surface area contributed by atoms with Gasteiger partial charge in [-0.15, -0.1) is 0 Å². The summed E-state index contributed by atoms with van der Waals surface area (Å²) in [6, 6.07) is 17.2. The summed E-state index contributed by atoms with van der Waals surface area (Å²) >= 11 is 0. The number of anilines is 1. The minimum Gasteiger partial charge on any atom is -0.481 e. The zero-order valence-corrected chi connectivity index (χ0v) is 22.8. The summed E-state index contributed by atoms with van der Waals surface area (Å²) in [5.74, 6) is -0.789. The second-order valence-electron chi connectivity index (χ2n) is 10.0. The van der Waals surface area contributed by atoms with Gasteiger partial charge in [-0.1, -0.05) is 54.6 Å². The Morgan fingerprint density at radius 3 is 2.61 bits per heavy atom. The molecule has 9 heteroatoms. The fraction of sp³-hybridized carbons (Fsp3) is 0.250. The highest BCUT2D eigenvalue weighted by Gasteiger charge is 2.32. The number of nitrogens with zero attached hydrogens (tertiary/aromatic N) is 3. The van der Waals surface area contributed by atoms with Crippen LogP contribution >= 0.6 is 0 Å². The summed E-state index contributed by atoms with van der Waals surface area (Å²) in [7, 11) is 1.61. The Labute approximate surface area is 237 Å². The van der Waals surface area contributed by atoms with E-state index in [1.807, 2.05) is 55.5 Å². The molecule has 2 aromatic carbocycles. The van der Waals surface area contributed by atoms with Crippen molar-refractivity contribution in [2.24, 2.45) is 10.9 Å². The van der Waals surface area contributed by atoms with Gasteiger partial charge in [0.05, 0.1) is 5.69 Å². The number of aliphatic carboxylic acids is 1. The highest BCUT2D eigenvalue weighted by molar-refractivity contribution is 6.24. The molecule has 2 heterocycles. The Kier molecular flexibility index (Phi) is 8.35. The fourth-order valence-corrected chi connectivity index (χ4v) is 5.00. The maximum Gasteiger partial charge on any atom is 0.303 e. The van der Waals surface area contributed by atoms with Crippen molar-refractivity contribution in [2.75, 3.05) is 12.0 Å². The first kappa shape index (κ1) is 27.9. The van der Waals surface area contributed by atoms with E-state index in [2.05, 4.69) is 5.16 Å². The number of aliphatic imine (C=N–C) groups is 1. The molecular formula is C32H30FN3O5. The van der Waals surface area contributed by atoms with Gasteiger partial charge < -0.3 is 14.4 Å². The lowest BCUT2D eigenvalue weighted by atomic mass is 10.0. The lowest BCUT2D eigenvalue weighted by Crippen LogP contribution is -2.40. The topological polar surface area (TPSA) is 105 Å². The van der Waals surface area contributed by atoms with Crippen LogP contribution in [0.2, 0.25) is 0 Å². The Bertz CT molecular complexity index is 1550. The average molecular weight is 556 g/mol. The highest BCUT2D eigenvalue weighted by atomic mass is 19.1. The molecule has 2 unspecified atom stereocenters. The van der Waals surface area contributed by atoms with Crippen LogP contribution in [0.5, 0.6) is 0 Å². The Balaban J connectivity index is 1.51. The molecule has 0 spiro atoms. The monoisotopic (exact) mass is 555 g/mol. The van der Waals surface area contributed by atoms with Gasteiger partial charge in [0.25, 0.3) is 5.91 Å². The Morgan fingerprint density at radius 1 is 1.15 bits per heavy atom. The predicted molar refractivity (Wildman–Crippen MR) is 153 cm³/mol. The van der Waals surface area contributed by atoms with Crippen LogP contribution in [0, 0.1) is 11.7 Å². The van der Waals surface area contributed by atoms with E-state index in [-0.39, 0.29) is 24.7 Å². The minimum atomic E-state index is -0.878. The van der Waals surface area contributed by atoms with Crippen LogP contribution in [-0.2, 0) is 14.3 Å². The van der Waals surface area contributed by atoms with Gasteiger partial charge in [0, 0.05) is 48.8 Å². The number of carbonyl (C=O) groups excluding carboxylic acids is 1. The van der Waals surface area contributed by atoms with Crippen LogP contribution in [0.4, 0.5) is 10.1 Å². The molecule has 0 saturated heterocycles. The number of allylic oxidation sites excluding steroid dienone is 5. The van der Waals surface area contributed by atoms with Crippen LogP contribution < -0.4 is 4.90 Å². The molecule has 1 amide bonds. The van der Waals surface area contributed by atoms with Crippen molar-refractivity contribution in [1.29, 1.82) is 0 Å². The lowest BCUT2D eigenvalue weighted by molar-refractivity contribution is -0.137. The van der Waals surface area contributed by atoms with Crippen molar-refractivity contribution < 1.29 is 28.3 Å². The number of benzene rings is 2. The minimum absolute atomic E-state index is 0.0167. The second-order valence-corrected chi connectivity index (χ2v) is 10.0. The van der Waals surface area contributed by atoms with E-state index in [1.54, 1.807) is 25.3 Å². The van der Waals surface area contributed by atoms with E-state index in [4.69, 9.17) is 19.4 Å². The normalized spacial score (nSPS) is 16.6. The number of fused-ring (bicyclic) bond motifs is 2. The summed E-state index contributed by atoms with van der Waals surface area (Å²) in [5.41, 5.74) is 3.87. The molecule has 0 radical (unpaired) electrons. The van der Waals surface area contributed by atoms with Crippen LogP contribution in [-0.4, -0.2) is 35.1 Å². The molecule has 2 aliphatic rings. The van der Waals surface area contributed by atoms with E-state index in [0.717, 1.165) is 11.1 Å². The first-order chi connectivity index (χ1) is 19.8. The summed E-state index contributed by atoms with van der Waals surface area (Å²) in [5, 5.41) is 13.4. The number of carboxylic acids is 1. The van der Waals surface area contributed by atoms with Crippen LogP contribution in [0.3, 0.4) is 0 Å². The number of halogens is 1. The SMILES string of the molecule is COC(c1ccccc1)c1cc(C2=CC=C3CC(=C2)N=C(C(C)CCCC(=O)O)N(c2ccc(F)cc2)C3=O)no1. The first-order valence-electron chi connectivity index (χ1n) is 13.4. The zero-order valence-electron chi connectivity index (χ0n) is 22.8.